The molecule has 0 aliphatic rings. The van der Waals surface area contributed by atoms with Gasteiger partial charge in [-0.3, -0.25) is 9.78 Å². The predicted molar refractivity (Wildman–Crippen MR) is 100 cm³/mol. The maximum absolute atomic E-state index is 11.3. The van der Waals surface area contributed by atoms with E-state index in [2.05, 4.69) is 4.98 Å². The van der Waals surface area contributed by atoms with E-state index in [0.717, 1.165) is 38.6 Å². The topological polar surface area (TPSA) is 55.1 Å². The molecule has 2 heterocycles. The van der Waals surface area contributed by atoms with Crippen molar-refractivity contribution in [3.05, 3.63) is 65.4 Å². The molecule has 0 amide bonds. The molecular formula is C20H15ClN2O2. The second-order valence-electron chi connectivity index (χ2n) is 5.98. The van der Waals surface area contributed by atoms with Crippen molar-refractivity contribution in [1.82, 2.24) is 9.55 Å². The number of para-hydroxylation sites is 1. The number of halogens is 1. The lowest BCUT2D eigenvalue weighted by Gasteiger charge is -2.08. The fourth-order valence-corrected chi connectivity index (χ4v) is 3.61. The number of fused-ring (bicyclic) bond motifs is 2. The molecule has 0 unspecified atom stereocenters. The number of benzene rings is 2. The van der Waals surface area contributed by atoms with E-state index in [1.165, 1.54) is 0 Å². The lowest BCUT2D eigenvalue weighted by Crippen LogP contribution is -2.09. The molecule has 0 aliphatic heterocycles. The van der Waals surface area contributed by atoms with E-state index >= 15 is 0 Å². The molecule has 2 aromatic heterocycles. The van der Waals surface area contributed by atoms with Gasteiger partial charge in [-0.2, -0.15) is 0 Å². The minimum absolute atomic E-state index is 0.0951. The minimum Gasteiger partial charge on any atom is -0.480 e. The van der Waals surface area contributed by atoms with E-state index in [4.69, 9.17) is 11.6 Å². The fourth-order valence-electron chi connectivity index (χ4n) is 3.44. The number of carbonyl (C=O) groups is 1. The maximum atomic E-state index is 11.3. The minimum atomic E-state index is -0.877. The Kier molecular flexibility index (Phi) is 3.70. The molecule has 0 saturated heterocycles. The van der Waals surface area contributed by atoms with Crippen LogP contribution >= 0.6 is 11.6 Å². The standard InChI is InChI=1S/C20H15ClN2O2/c1-12-19(15-6-2-4-13-5-3-9-22-20(13)15)16-10-14(21)7-8-17(16)23(12)11-18(24)25/h2-10H,11H2,1H3,(H,24,25). The van der Waals surface area contributed by atoms with Crippen LogP contribution in [0, 0.1) is 6.92 Å². The Hall–Kier alpha value is -2.85. The quantitative estimate of drug-likeness (QED) is 0.571. The van der Waals surface area contributed by atoms with Crippen molar-refractivity contribution in [3.8, 4) is 11.1 Å². The van der Waals surface area contributed by atoms with Gasteiger partial charge in [-0.1, -0.05) is 35.9 Å². The molecule has 2 aromatic carbocycles. The number of aromatic nitrogens is 2. The molecular weight excluding hydrogens is 336 g/mol. The van der Waals surface area contributed by atoms with Crippen LogP contribution in [-0.4, -0.2) is 20.6 Å². The average molecular weight is 351 g/mol. The van der Waals surface area contributed by atoms with Gasteiger partial charge in [0.25, 0.3) is 0 Å². The summed E-state index contributed by atoms with van der Waals surface area (Å²) in [5.74, 6) is -0.877. The summed E-state index contributed by atoms with van der Waals surface area (Å²) in [5, 5.41) is 11.9. The first-order chi connectivity index (χ1) is 12.1. The molecule has 4 aromatic rings. The van der Waals surface area contributed by atoms with Crippen LogP contribution in [0.3, 0.4) is 0 Å². The molecule has 4 nitrogen and oxygen atoms in total. The van der Waals surface area contributed by atoms with Crippen molar-refractivity contribution in [2.24, 2.45) is 0 Å². The Morgan fingerprint density at radius 3 is 2.80 bits per heavy atom. The highest BCUT2D eigenvalue weighted by molar-refractivity contribution is 6.31. The van der Waals surface area contributed by atoms with Crippen molar-refractivity contribution < 1.29 is 9.90 Å². The molecule has 0 aliphatic carbocycles. The Labute approximate surface area is 149 Å². The van der Waals surface area contributed by atoms with E-state index in [0.29, 0.717) is 5.02 Å². The molecule has 5 heteroatoms. The van der Waals surface area contributed by atoms with E-state index in [1.807, 2.05) is 54.0 Å². The van der Waals surface area contributed by atoms with Gasteiger partial charge in [0, 0.05) is 44.3 Å². The zero-order valence-corrected chi connectivity index (χ0v) is 14.3. The number of rotatable bonds is 3. The molecule has 4 rings (SSSR count). The predicted octanol–water partition coefficient (Wildman–Crippen LogP) is 4.90. The van der Waals surface area contributed by atoms with Gasteiger partial charge in [-0.25, -0.2) is 0 Å². The second kappa shape index (κ2) is 5.90. The van der Waals surface area contributed by atoms with Gasteiger partial charge in [0.05, 0.1) is 5.52 Å². The lowest BCUT2D eigenvalue weighted by molar-refractivity contribution is -0.137. The molecule has 124 valence electrons. The van der Waals surface area contributed by atoms with E-state index in [1.54, 1.807) is 12.3 Å². The fraction of sp³-hybridized carbons (Fsp3) is 0.100. The zero-order valence-electron chi connectivity index (χ0n) is 13.5. The number of pyridine rings is 1. The molecule has 0 saturated carbocycles. The monoisotopic (exact) mass is 350 g/mol. The first-order valence-electron chi connectivity index (χ1n) is 7.90. The third kappa shape index (κ3) is 2.55. The van der Waals surface area contributed by atoms with Crippen molar-refractivity contribution in [3.63, 3.8) is 0 Å². The molecule has 0 atom stereocenters. The SMILES string of the molecule is Cc1c(-c2cccc3cccnc23)c2cc(Cl)ccc2n1CC(=O)O. The highest BCUT2D eigenvalue weighted by Gasteiger charge is 2.19. The summed E-state index contributed by atoms with van der Waals surface area (Å²) in [5.41, 5.74) is 4.59. The summed E-state index contributed by atoms with van der Waals surface area (Å²) in [6, 6.07) is 15.5. The summed E-state index contributed by atoms with van der Waals surface area (Å²) in [7, 11) is 0. The van der Waals surface area contributed by atoms with Gasteiger partial charge in [0.1, 0.15) is 6.54 Å². The van der Waals surface area contributed by atoms with Gasteiger partial charge >= 0.3 is 5.97 Å². The molecule has 0 radical (unpaired) electrons. The van der Waals surface area contributed by atoms with Crippen LogP contribution in [0.15, 0.2) is 54.7 Å². The van der Waals surface area contributed by atoms with E-state index in [-0.39, 0.29) is 6.54 Å². The van der Waals surface area contributed by atoms with Crippen molar-refractivity contribution >= 4 is 39.4 Å². The third-order valence-electron chi connectivity index (χ3n) is 4.48. The number of carboxylic acids is 1. The van der Waals surface area contributed by atoms with E-state index in [9.17, 15) is 9.90 Å². The number of nitrogens with zero attached hydrogens (tertiary/aromatic N) is 2. The number of carboxylic acid groups (broad SMARTS) is 1. The Balaban J connectivity index is 2.12. The molecule has 0 spiro atoms. The highest BCUT2D eigenvalue weighted by atomic mass is 35.5. The molecule has 0 bridgehead atoms. The molecule has 0 fully saturated rings. The third-order valence-corrected chi connectivity index (χ3v) is 4.72. The number of hydrogen-bond acceptors (Lipinski definition) is 2. The van der Waals surface area contributed by atoms with Crippen molar-refractivity contribution in [2.45, 2.75) is 13.5 Å². The number of hydrogen-bond donors (Lipinski definition) is 1. The van der Waals surface area contributed by atoms with Crippen LogP contribution < -0.4 is 0 Å². The molecule has 25 heavy (non-hydrogen) atoms. The zero-order chi connectivity index (χ0) is 17.6. The normalized spacial score (nSPS) is 11.3. The van der Waals surface area contributed by atoms with Gasteiger partial charge in [0.15, 0.2) is 0 Å². The summed E-state index contributed by atoms with van der Waals surface area (Å²) < 4.78 is 1.81. The number of aliphatic carboxylic acids is 1. The van der Waals surface area contributed by atoms with Crippen LogP contribution in [0.2, 0.25) is 5.02 Å². The van der Waals surface area contributed by atoms with Gasteiger partial charge in [-0.05, 0) is 31.2 Å². The summed E-state index contributed by atoms with van der Waals surface area (Å²) >= 11 is 6.22. The Morgan fingerprint density at radius 1 is 1.20 bits per heavy atom. The largest absolute Gasteiger partial charge is 0.480 e. The summed E-state index contributed by atoms with van der Waals surface area (Å²) in [4.78, 5) is 15.9. The molecule has 1 N–H and O–H groups in total. The maximum Gasteiger partial charge on any atom is 0.323 e. The lowest BCUT2D eigenvalue weighted by atomic mass is 9.99. The van der Waals surface area contributed by atoms with Crippen LogP contribution in [-0.2, 0) is 11.3 Å². The van der Waals surface area contributed by atoms with Crippen molar-refractivity contribution in [2.75, 3.05) is 0 Å². The highest BCUT2D eigenvalue weighted by Crippen LogP contribution is 2.38. The van der Waals surface area contributed by atoms with Crippen LogP contribution in [0.5, 0.6) is 0 Å². The smallest absolute Gasteiger partial charge is 0.323 e. The Morgan fingerprint density at radius 2 is 2.00 bits per heavy atom. The Bertz CT molecular complexity index is 1130. The van der Waals surface area contributed by atoms with Crippen LogP contribution in [0.4, 0.5) is 0 Å². The second-order valence-corrected chi connectivity index (χ2v) is 6.42. The van der Waals surface area contributed by atoms with Crippen LogP contribution in [0.1, 0.15) is 5.69 Å². The first-order valence-corrected chi connectivity index (χ1v) is 8.28. The summed E-state index contributed by atoms with van der Waals surface area (Å²) in [6.45, 7) is 1.84. The average Bonchev–Trinajstić information content (AvgIpc) is 2.85. The van der Waals surface area contributed by atoms with Crippen LogP contribution in [0.25, 0.3) is 32.9 Å². The van der Waals surface area contributed by atoms with Crippen molar-refractivity contribution in [1.29, 1.82) is 0 Å². The van der Waals surface area contributed by atoms with Gasteiger partial charge in [-0.15, -0.1) is 0 Å². The van der Waals surface area contributed by atoms with Gasteiger partial charge < -0.3 is 9.67 Å². The van der Waals surface area contributed by atoms with Gasteiger partial charge in [0.2, 0.25) is 0 Å². The van der Waals surface area contributed by atoms with E-state index < -0.39 is 5.97 Å². The first kappa shape index (κ1) is 15.7. The summed E-state index contributed by atoms with van der Waals surface area (Å²) in [6.07, 6.45) is 1.77.